The highest BCUT2D eigenvalue weighted by atomic mass is 16.6. The second kappa shape index (κ2) is 13.7. The Morgan fingerprint density at radius 3 is 2.26 bits per heavy atom. The molecule has 0 radical (unpaired) electrons. The Morgan fingerprint density at radius 2 is 1.74 bits per heavy atom. The van der Waals surface area contributed by atoms with Gasteiger partial charge in [-0.15, -0.1) is 0 Å². The van der Waals surface area contributed by atoms with Crippen molar-refractivity contribution in [3.05, 3.63) is 11.8 Å². The van der Waals surface area contributed by atoms with Gasteiger partial charge in [-0.2, -0.15) is 0 Å². The Bertz CT molecular complexity index is 964. The van der Waals surface area contributed by atoms with Crippen molar-refractivity contribution < 1.29 is 57.6 Å². The number of ether oxygens (including phenoxy) is 5. The maximum absolute atomic E-state index is 12.6. The molecule has 2 aliphatic heterocycles. The molecule has 0 bridgehead atoms. The fraction of sp³-hybridized carbons (Fsp3) is 0.667. The lowest BCUT2D eigenvalue weighted by molar-refractivity contribution is -0.189. The number of aliphatic carboxylic acids is 1. The summed E-state index contributed by atoms with van der Waals surface area (Å²) >= 11 is 0. The molecule has 6 atom stereocenters. The van der Waals surface area contributed by atoms with Crippen molar-refractivity contribution in [1.29, 1.82) is 0 Å². The Kier molecular flexibility index (Phi) is 11.0. The quantitative estimate of drug-likeness (QED) is 0.267. The van der Waals surface area contributed by atoms with Crippen molar-refractivity contribution in [3.8, 4) is 0 Å². The molecule has 1 saturated heterocycles. The van der Waals surface area contributed by atoms with Gasteiger partial charge in [0.15, 0.2) is 18.3 Å². The average molecular weight is 543 g/mol. The lowest BCUT2D eigenvalue weighted by Gasteiger charge is -2.46. The molecule has 14 nitrogen and oxygen atoms in total. The fourth-order valence-corrected chi connectivity index (χ4v) is 4.57. The normalized spacial score (nSPS) is 24.9. The summed E-state index contributed by atoms with van der Waals surface area (Å²) in [6, 6.07) is -1.83. The minimum absolute atomic E-state index is 0.104. The van der Waals surface area contributed by atoms with E-state index in [1.165, 1.54) is 13.0 Å². The van der Waals surface area contributed by atoms with Crippen molar-refractivity contribution in [2.75, 3.05) is 26.8 Å². The maximum Gasteiger partial charge on any atom is 0.373 e. The Labute approximate surface area is 219 Å². The van der Waals surface area contributed by atoms with Gasteiger partial charge >= 0.3 is 29.8 Å². The van der Waals surface area contributed by atoms with E-state index in [4.69, 9.17) is 23.7 Å². The van der Waals surface area contributed by atoms with Gasteiger partial charge in [0.05, 0.1) is 25.1 Å². The molecule has 2 aliphatic rings. The van der Waals surface area contributed by atoms with Gasteiger partial charge in [0.1, 0.15) is 6.61 Å². The van der Waals surface area contributed by atoms with Crippen molar-refractivity contribution in [2.24, 2.45) is 5.92 Å². The highest BCUT2D eigenvalue weighted by molar-refractivity contribution is 5.86. The summed E-state index contributed by atoms with van der Waals surface area (Å²) in [4.78, 5) is 73.9. The first-order valence-electron chi connectivity index (χ1n) is 12.0. The van der Waals surface area contributed by atoms with Crippen LogP contribution in [0.5, 0.6) is 0 Å². The monoisotopic (exact) mass is 542 g/mol. The molecule has 0 spiro atoms. The number of hydrogen-bond acceptors (Lipinski definition) is 12. The summed E-state index contributed by atoms with van der Waals surface area (Å²) in [5.41, 5.74) is 0. The van der Waals surface area contributed by atoms with Crippen LogP contribution in [0.1, 0.15) is 40.5 Å². The minimum Gasteiger partial charge on any atom is -0.481 e. The second-order valence-corrected chi connectivity index (χ2v) is 9.02. The van der Waals surface area contributed by atoms with Crippen LogP contribution in [-0.2, 0) is 52.5 Å². The van der Waals surface area contributed by atoms with Gasteiger partial charge < -0.3 is 34.1 Å². The second-order valence-electron chi connectivity index (χ2n) is 9.02. The topological polar surface area (TPSA) is 184 Å². The van der Waals surface area contributed by atoms with Crippen LogP contribution in [0.4, 0.5) is 0 Å². The molecular formula is C24H34N2O12. The van der Waals surface area contributed by atoms with E-state index in [9.17, 15) is 33.9 Å². The minimum atomic E-state index is -1.47. The first-order valence-corrected chi connectivity index (χ1v) is 12.0. The third-order valence-corrected chi connectivity index (χ3v) is 6.05. The number of esters is 4. The first-order chi connectivity index (χ1) is 17.8. The zero-order valence-electron chi connectivity index (χ0n) is 22.0. The number of amides is 1. The van der Waals surface area contributed by atoms with Crippen LogP contribution >= 0.6 is 0 Å². The van der Waals surface area contributed by atoms with Gasteiger partial charge in [-0.25, -0.2) is 4.79 Å². The molecule has 2 rings (SSSR count). The SMILES string of the molecule is COC(=O)C1=C[C@H](N2CCCC(C(=O)O)C2)[C@@H](NC(C)=O)[C@H]([C@H](OC(C)=O)[C@@H](COC(C)=O)OC(C)=O)O1. The average Bonchev–Trinajstić information content (AvgIpc) is 2.84. The molecule has 0 aliphatic carbocycles. The lowest BCUT2D eigenvalue weighted by atomic mass is 9.88. The van der Waals surface area contributed by atoms with Crippen LogP contribution in [0.15, 0.2) is 11.8 Å². The number of methoxy groups -OCH3 is 1. The molecule has 14 heteroatoms. The highest BCUT2D eigenvalue weighted by Gasteiger charge is 2.49. The van der Waals surface area contributed by atoms with Gasteiger partial charge in [0.2, 0.25) is 11.7 Å². The number of piperidine rings is 1. The number of rotatable bonds is 10. The van der Waals surface area contributed by atoms with E-state index < -0.39 is 78.7 Å². The zero-order chi connectivity index (χ0) is 28.6. The number of hydrogen-bond donors (Lipinski definition) is 2. The van der Waals surface area contributed by atoms with Crippen LogP contribution in [0, 0.1) is 5.92 Å². The third kappa shape index (κ3) is 8.43. The number of carbonyl (C=O) groups excluding carboxylic acids is 5. The Hall–Kier alpha value is -3.68. The Balaban J connectivity index is 2.63. The largest absolute Gasteiger partial charge is 0.481 e. The molecule has 1 amide bonds. The molecule has 0 aromatic rings. The standard InChI is InChI=1S/C24H34N2O12/c1-12(27)25-20-17(26-8-6-7-16(10-26)23(31)32)9-18(24(33)34-5)38-22(20)21(37-15(4)30)19(36-14(3)29)11-35-13(2)28/h9,16-17,19-22H,6-8,10-11H2,1-5H3,(H,25,27)(H,31,32)/t16?,17-,19+,20+,21+,22+/m0/s1. The van der Waals surface area contributed by atoms with E-state index in [1.54, 1.807) is 4.90 Å². The van der Waals surface area contributed by atoms with E-state index in [0.717, 1.165) is 27.9 Å². The smallest absolute Gasteiger partial charge is 0.373 e. The molecule has 2 heterocycles. The van der Waals surface area contributed by atoms with Gasteiger partial charge in [0, 0.05) is 34.2 Å². The molecular weight excluding hydrogens is 508 g/mol. The van der Waals surface area contributed by atoms with Crippen LogP contribution in [0.25, 0.3) is 0 Å². The number of carboxylic acid groups (broad SMARTS) is 1. The van der Waals surface area contributed by atoms with E-state index in [1.807, 2.05) is 0 Å². The molecule has 1 fully saturated rings. The van der Waals surface area contributed by atoms with E-state index in [0.29, 0.717) is 19.4 Å². The molecule has 0 aromatic carbocycles. The number of carbonyl (C=O) groups is 6. The lowest BCUT2D eigenvalue weighted by Crippen LogP contribution is -2.65. The Morgan fingerprint density at radius 1 is 1.08 bits per heavy atom. The van der Waals surface area contributed by atoms with Gasteiger partial charge in [-0.1, -0.05) is 0 Å². The van der Waals surface area contributed by atoms with Crippen LogP contribution in [0.2, 0.25) is 0 Å². The number of likely N-dealkylation sites (tertiary alicyclic amines) is 1. The van der Waals surface area contributed by atoms with Crippen LogP contribution in [-0.4, -0.2) is 103 Å². The van der Waals surface area contributed by atoms with E-state index in [-0.39, 0.29) is 12.3 Å². The molecule has 2 N–H and O–H groups in total. The number of nitrogens with zero attached hydrogens (tertiary/aromatic N) is 1. The summed E-state index contributed by atoms with van der Waals surface area (Å²) in [6.07, 6.45) is -1.81. The summed E-state index contributed by atoms with van der Waals surface area (Å²) in [5.74, 6) is -5.64. The molecule has 212 valence electrons. The highest BCUT2D eigenvalue weighted by Crippen LogP contribution is 2.31. The molecule has 38 heavy (non-hydrogen) atoms. The third-order valence-electron chi connectivity index (χ3n) is 6.05. The number of nitrogens with one attached hydrogen (secondary N) is 1. The van der Waals surface area contributed by atoms with Crippen molar-refractivity contribution in [1.82, 2.24) is 10.2 Å². The number of carboxylic acids is 1. The van der Waals surface area contributed by atoms with Gasteiger partial charge in [0.25, 0.3) is 0 Å². The van der Waals surface area contributed by atoms with Crippen molar-refractivity contribution in [3.63, 3.8) is 0 Å². The summed E-state index contributed by atoms with van der Waals surface area (Å²) < 4.78 is 26.5. The molecule has 1 unspecified atom stereocenters. The molecule has 0 saturated carbocycles. The zero-order valence-corrected chi connectivity index (χ0v) is 22.0. The predicted octanol–water partition coefficient (Wildman–Crippen LogP) is -0.461. The molecule has 0 aromatic heterocycles. The summed E-state index contributed by atoms with van der Waals surface area (Å²) in [6.45, 7) is 4.58. The predicted molar refractivity (Wildman–Crippen MR) is 126 cm³/mol. The van der Waals surface area contributed by atoms with E-state index >= 15 is 0 Å². The van der Waals surface area contributed by atoms with Crippen LogP contribution in [0.3, 0.4) is 0 Å². The van der Waals surface area contributed by atoms with Gasteiger partial charge in [-0.05, 0) is 25.5 Å². The maximum atomic E-state index is 12.6. The fourth-order valence-electron chi connectivity index (χ4n) is 4.57. The summed E-state index contributed by atoms with van der Waals surface area (Å²) in [7, 11) is 1.13. The first kappa shape index (κ1) is 30.5. The van der Waals surface area contributed by atoms with Gasteiger partial charge in [-0.3, -0.25) is 28.9 Å². The van der Waals surface area contributed by atoms with Crippen molar-refractivity contribution in [2.45, 2.75) is 70.9 Å². The summed E-state index contributed by atoms with van der Waals surface area (Å²) in [5, 5.41) is 12.3. The van der Waals surface area contributed by atoms with Crippen molar-refractivity contribution >= 4 is 35.8 Å². The van der Waals surface area contributed by atoms with Crippen LogP contribution < -0.4 is 5.32 Å². The van der Waals surface area contributed by atoms with E-state index in [2.05, 4.69) is 5.32 Å².